The SMILES string of the molecule is CCOc1cc(C(=O)O)ccc1N(Cc1cc(C2CC2)cc(N2CCCC2)c1)C(=O)CS(=O)(=O)Nc1c(F)c(F)c(Cc2cccc(Br)c2F)c(F)c1F. The molecule has 6 rings (SSSR count). The van der Waals surface area contributed by atoms with Crippen LogP contribution in [0.3, 0.4) is 0 Å². The number of hydrogen-bond acceptors (Lipinski definition) is 6. The summed E-state index contributed by atoms with van der Waals surface area (Å²) in [6.07, 6.45) is 3.08. The van der Waals surface area contributed by atoms with Gasteiger partial charge in [0.05, 0.1) is 28.9 Å². The molecule has 9 nitrogen and oxygen atoms in total. The van der Waals surface area contributed by atoms with E-state index in [0.29, 0.717) is 11.5 Å². The maximum absolute atomic E-state index is 15.3. The normalized spacial score (nSPS) is 14.3. The molecule has 4 aromatic carbocycles. The summed E-state index contributed by atoms with van der Waals surface area (Å²) in [4.78, 5) is 29.1. The molecule has 0 atom stereocenters. The lowest BCUT2D eigenvalue weighted by atomic mass is 10.0. The first kappa shape index (κ1) is 39.0. The monoisotopic (exact) mass is 835 g/mol. The first-order valence-electron chi connectivity index (χ1n) is 17.1. The van der Waals surface area contributed by atoms with Gasteiger partial charge in [0.2, 0.25) is 15.9 Å². The summed E-state index contributed by atoms with van der Waals surface area (Å²) >= 11 is 2.93. The summed E-state index contributed by atoms with van der Waals surface area (Å²) in [6, 6.07) is 13.4. The van der Waals surface area contributed by atoms with Crippen LogP contribution in [0.25, 0.3) is 0 Å². The molecule has 1 saturated heterocycles. The van der Waals surface area contributed by atoms with E-state index in [1.807, 2.05) is 12.1 Å². The molecule has 4 aromatic rings. The second-order valence-corrected chi connectivity index (χ2v) is 15.7. The lowest BCUT2D eigenvalue weighted by Gasteiger charge is -2.27. The molecule has 286 valence electrons. The fourth-order valence-electron chi connectivity index (χ4n) is 6.46. The molecule has 16 heteroatoms. The molecular weight excluding hydrogens is 801 g/mol. The van der Waals surface area contributed by atoms with Gasteiger partial charge in [-0.3, -0.25) is 9.52 Å². The number of anilines is 3. The van der Waals surface area contributed by atoms with Crippen molar-refractivity contribution < 1.29 is 49.8 Å². The Kier molecular flexibility index (Phi) is 11.5. The van der Waals surface area contributed by atoms with E-state index in [1.165, 1.54) is 35.1 Å². The topological polar surface area (TPSA) is 116 Å². The van der Waals surface area contributed by atoms with Gasteiger partial charge in [0, 0.05) is 30.8 Å². The lowest BCUT2D eigenvalue weighted by Crippen LogP contribution is -2.37. The minimum Gasteiger partial charge on any atom is -0.492 e. The van der Waals surface area contributed by atoms with Crippen LogP contribution in [0.4, 0.5) is 39.0 Å². The average molecular weight is 837 g/mol. The standard InChI is InChI=1S/C38H35BrF5N3O6S/c1-2-53-30-18-24(38(49)50)10-11-29(30)47(19-21-14-25(22-8-9-22)16-26(15-21)46-12-3-4-13-46)31(48)20-54(51,52)45-37-35(43)33(41)27(34(42)36(37)44)17-23-6-5-7-28(39)32(23)40/h5-7,10-11,14-16,18,22,45H,2-4,8-9,12-13,17,19-20H2,1H3,(H,49,50). The van der Waals surface area contributed by atoms with E-state index < -0.39 is 74.4 Å². The fourth-order valence-corrected chi connectivity index (χ4v) is 7.91. The van der Waals surface area contributed by atoms with Crippen molar-refractivity contribution in [2.24, 2.45) is 0 Å². The number of ether oxygens (including phenoxy) is 1. The third-order valence-corrected chi connectivity index (χ3v) is 11.0. The van der Waals surface area contributed by atoms with Crippen molar-refractivity contribution in [3.63, 3.8) is 0 Å². The number of carbonyl (C=O) groups excluding carboxylic acids is 1. The minimum absolute atomic E-state index is 0.0141. The largest absolute Gasteiger partial charge is 0.492 e. The Morgan fingerprint density at radius 3 is 2.26 bits per heavy atom. The smallest absolute Gasteiger partial charge is 0.335 e. The molecule has 54 heavy (non-hydrogen) atoms. The molecule has 1 aliphatic carbocycles. The van der Waals surface area contributed by atoms with E-state index in [-0.39, 0.29) is 40.2 Å². The molecule has 1 saturated carbocycles. The van der Waals surface area contributed by atoms with Gasteiger partial charge in [0.25, 0.3) is 0 Å². The maximum Gasteiger partial charge on any atom is 0.335 e. The Hall–Kier alpha value is -4.70. The first-order valence-corrected chi connectivity index (χ1v) is 19.6. The van der Waals surface area contributed by atoms with Crippen LogP contribution in [-0.2, 0) is 27.8 Å². The van der Waals surface area contributed by atoms with E-state index >= 15 is 17.6 Å². The number of sulfonamides is 1. The summed E-state index contributed by atoms with van der Waals surface area (Å²) < 4.78 is 109. The third-order valence-electron chi connectivity index (χ3n) is 9.28. The highest BCUT2D eigenvalue weighted by Gasteiger charge is 2.32. The molecule has 2 aliphatic rings. The van der Waals surface area contributed by atoms with Crippen LogP contribution in [0.5, 0.6) is 5.75 Å². The first-order chi connectivity index (χ1) is 25.7. The predicted octanol–water partition coefficient (Wildman–Crippen LogP) is 8.29. The number of rotatable bonds is 14. The van der Waals surface area contributed by atoms with Crippen molar-refractivity contribution in [3.8, 4) is 5.75 Å². The molecule has 0 unspecified atom stereocenters. The number of nitrogens with zero attached hydrogens (tertiary/aromatic N) is 2. The van der Waals surface area contributed by atoms with Crippen molar-refractivity contribution in [3.05, 3.63) is 116 Å². The summed E-state index contributed by atoms with van der Waals surface area (Å²) in [7, 11) is -5.09. The Morgan fingerprint density at radius 1 is 0.944 bits per heavy atom. The molecule has 1 heterocycles. The van der Waals surface area contributed by atoms with Crippen LogP contribution in [0.2, 0.25) is 0 Å². The summed E-state index contributed by atoms with van der Waals surface area (Å²) in [5.41, 5.74) is -0.721. The van der Waals surface area contributed by atoms with E-state index in [2.05, 4.69) is 26.9 Å². The molecule has 2 N–H and O–H groups in total. The number of carboxylic acids is 1. The molecule has 0 bridgehead atoms. The number of halogens is 6. The van der Waals surface area contributed by atoms with E-state index in [0.717, 1.165) is 61.0 Å². The molecule has 2 fully saturated rings. The zero-order valence-electron chi connectivity index (χ0n) is 28.9. The molecule has 0 aromatic heterocycles. The summed E-state index contributed by atoms with van der Waals surface area (Å²) in [5, 5.41) is 9.60. The van der Waals surface area contributed by atoms with Crippen molar-refractivity contribution in [1.82, 2.24) is 0 Å². The minimum atomic E-state index is -5.09. The highest BCUT2D eigenvalue weighted by Crippen LogP contribution is 2.42. The van der Waals surface area contributed by atoms with Gasteiger partial charge in [-0.1, -0.05) is 18.2 Å². The highest BCUT2D eigenvalue weighted by molar-refractivity contribution is 9.10. The number of carbonyl (C=O) groups is 2. The maximum atomic E-state index is 15.3. The Labute approximate surface area is 316 Å². The van der Waals surface area contributed by atoms with Crippen LogP contribution in [0.15, 0.2) is 59.1 Å². The van der Waals surface area contributed by atoms with Crippen LogP contribution in [-0.4, -0.2) is 50.9 Å². The number of nitrogens with one attached hydrogen (secondary N) is 1. The van der Waals surface area contributed by atoms with Gasteiger partial charge in [-0.15, -0.1) is 0 Å². The van der Waals surface area contributed by atoms with E-state index in [9.17, 15) is 27.5 Å². The Morgan fingerprint density at radius 2 is 1.63 bits per heavy atom. The predicted molar refractivity (Wildman–Crippen MR) is 196 cm³/mol. The quantitative estimate of drug-likeness (QED) is 0.0971. The zero-order valence-corrected chi connectivity index (χ0v) is 31.3. The second kappa shape index (κ2) is 16.0. The Bertz CT molecular complexity index is 2200. The van der Waals surface area contributed by atoms with Gasteiger partial charge in [0.15, 0.2) is 23.3 Å². The molecule has 0 radical (unpaired) electrons. The molecule has 0 spiro atoms. The van der Waals surface area contributed by atoms with Gasteiger partial charge in [-0.2, -0.15) is 0 Å². The van der Waals surface area contributed by atoms with Gasteiger partial charge in [0.1, 0.15) is 23.0 Å². The lowest BCUT2D eigenvalue weighted by molar-refractivity contribution is -0.116. The van der Waals surface area contributed by atoms with Crippen molar-refractivity contribution in [2.75, 3.05) is 40.0 Å². The third kappa shape index (κ3) is 8.49. The summed E-state index contributed by atoms with van der Waals surface area (Å²) in [6.45, 7) is 3.13. The van der Waals surface area contributed by atoms with Gasteiger partial charge < -0.3 is 19.6 Å². The highest BCUT2D eigenvalue weighted by atomic mass is 79.9. The van der Waals surface area contributed by atoms with Crippen molar-refractivity contribution >= 4 is 54.9 Å². The zero-order chi connectivity index (χ0) is 38.9. The second-order valence-electron chi connectivity index (χ2n) is 13.2. The average Bonchev–Trinajstić information content (AvgIpc) is 3.84. The van der Waals surface area contributed by atoms with Crippen LogP contribution in [0.1, 0.15) is 71.1 Å². The van der Waals surface area contributed by atoms with E-state index in [1.54, 1.807) is 6.92 Å². The fraction of sp³-hybridized carbons (Fsp3) is 0.316. The van der Waals surface area contributed by atoms with Gasteiger partial charge in [-0.05, 0) is 108 Å². The molecule has 1 amide bonds. The number of hydrogen-bond donors (Lipinski definition) is 2. The number of carboxylic acid groups (broad SMARTS) is 1. The molecular formula is C38H35BrF5N3O6S. The van der Waals surface area contributed by atoms with Crippen molar-refractivity contribution in [2.45, 2.75) is 51.5 Å². The number of amides is 1. The van der Waals surface area contributed by atoms with Gasteiger partial charge in [-0.25, -0.2) is 35.2 Å². The molecule has 1 aliphatic heterocycles. The summed E-state index contributed by atoms with van der Waals surface area (Å²) in [5.74, 6) is -12.6. The Balaban J connectivity index is 1.34. The van der Waals surface area contributed by atoms with Crippen LogP contribution in [0, 0.1) is 29.1 Å². The number of aromatic carboxylic acids is 1. The van der Waals surface area contributed by atoms with Gasteiger partial charge >= 0.3 is 5.97 Å². The van der Waals surface area contributed by atoms with Crippen LogP contribution >= 0.6 is 15.9 Å². The van der Waals surface area contributed by atoms with E-state index in [4.69, 9.17) is 4.74 Å². The van der Waals surface area contributed by atoms with Crippen LogP contribution < -0.4 is 19.3 Å². The van der Waals surface area contributed by atoms with Crippen molar-refractivity contribution in [1.29, 1.82) is 0 Å². The number of benzene rings is 4.